The second-order valence-corrected chi connectivity index (χ2v) is 7.57. The predicted octanol–water partition coefficient (Wildman–Crippen LogP) is 2.88. The number of unbranched alkanes of at least 4 members (excludes halogenated alkanes) is 1. The van der Waals surface area contributed by atoms with Gasteiger partial charge in [0.2, 0.25) is 5.91 Å². The highest BCUT2D eigenvalue weighted by molar-refractivity contribution is 8.01. The first-order valence-corrected chi connectivity index (χ1v) is 8.79. The lowest BCUT2D eigenvalue weighted by molar-refractivity contribution is -0.136. The molecule has 0 radical (unpaired) electrons. The third kappa shape index (κ3) is 3.21. The van der Waals surface area contributed by atoms with Gasteiger partial charge in [-0.05, 0) is 18.6 Å². The Morgan fingerprint density at radius 1 is 1.59 bits per heavy atom. The Kier molecular flexibility index (Phi) is 4.57. The van der Waals surface area contributed by atoms with E-state index in [4.69, 9.17) is 4.74 Å². The van der Waals surface area contributed by atoms with Gasteiger partial charge in [-0.1, -0.05) is 13.3 Å². The lowest BCUT2D eigenvalue weighted by atomic mass is 9.92. The van der Waals surface area contributed by atoms with Gasteiger partial charge < -0.3 is 9.64 Å². The quantitative estimate of drug-likeness (QED) is 0.835. The largest absolute Gasteiger partial charge is 0.471 e. The summed E-state index contributed by atoms with van der Waals surface area (Å²) in [4.78, 5) is 17.8. The number of nitrogens with zero attached hydrogens (tertiary/aromatic N) is 2. The normalized spacial score (nSPS) is 22.6. The van der Waals surface area contributed by atoms with E-state index in [0.717, 1.165) is 38.1 Å². The van der Waals surface area contributed by atoms with Crippen molar-refractivity contribution in [3.63, 3.8) is 0 Å². The summed E-state index contributed by atoms with van der Waals surface area (Å²) in [7, 11) is 0. The van der Waals surface area contributed by atoms with Gasteiger partial charge in [0, 0.05) is 37.9 Å². The Hall–Kier alpha value is -1.30. The summed E-state index contributed by atoms with van der Waals surface area (Å²) in [6.07, 6.45) is 5.02. The summed E-state index contributed by atoms with van der Waals surface area (Å²) in [6.45, 7) is 3.69. The maximum Gasteiger partial charge on any atom is 0.250 e. The molecule has 3 rings (SSSR count). The zero-order valence-electron chi connectivity index (χ0n) is 12.8. The average Bonchev–Trinajstić information content (AvgIpc) is 2.90. The zero-order valence-corrected chi connectivity index (χ0v) is 13.6. The monoisotopic (exact) mass is 324 g/mol. The molecule has 0 N–H and O–H groups in total. The van der Waals surface area contributed by atoms with Crippen LogP contribution < -0.4 is 4.74 Å². The number of ether oxygens (including phenoxy) is 1. The number of aromatic nitrogens is 1. The van der Waals surface area contributed by atoms with E-state index >= 15 is 0 Å². The van der Waals surface area contributed by atoms with Gasteiger partial charge >= 0.3 is 0 Å². The molecule has 1 spiro atoms. The van der Waals surface area contributed by atoms with E-state index in [1.165, 1.54) is 12.3 Å². The van der Waals surface area contributed by atoms with Crippen molar-refractivity contribution in [2.75, 3.05) is 18.8 Å². The van der Waals surface area contributed by atoms with Crippen LogP contribution in [0, 0.1) is 5.82 Å². The molecule has 0 bridgehead atoms. The minimum absolute atomic E-state index is 0.0257. The van der Waals surface area contributed by atoms with Gasteiger partial charge in [-0.2, -0.15) is 0 Å². The number of hydrogen-bond acceptors (Lipinski definition) is 4. The number of thioether (sulfide) groups is 1. The standard InChI is InChI=1S/C16H21FN2O2S/c1-2-3-6-14(20)19-10-16(11-19)8-12(9-22-16)21-15-13(17)5-4-7-18-15/h4-5,7,12H,2-3,6,8-11H2,1H3. The Labute approximate surface area is 134 Å². The molecule has 1 unspecified atom stereocenters. The first-order valence-electron chi connectivity index (χ1n) is 7.81. The van der Waals surface area contributed by atoms with E-state index < -0.39 is 5.82 Å². The fourth-order valence-electron chi connectivity index (χ4n) is 3.03. The number of amides is 1. The number of halogens is 1. The smallest absolute Gasteiger partial charge is 0.250 e. The predicted molar refractivity (Wildman–Crippen MR) is 84.5 cm³/mol. The maximum absolute atomic E-state index is 13.6. The van der Waals surface area contributed by atoms with Gasteiger partial charge in [-0.15, -0.1) is 11.8 Å². The zero-order chi connectivity index (χ0) is 15.6. The molecule has 2 aliphatic heterocycles. The first-order chi connectivity index (χ1) is 10.6. The van der Waals surface area contributed by atoms with Gasteiger partial charge in [-0.3, -0.25) is 4.79 Å². The van der Waals surface area contributed by atoms with E-state index in [1.54, 1.807) is 6.07 Å². The van der Waals surface area contributed by atoms with Crippen LogP contribution in [-0.2, 0) is 4.79 Å². The molecular weight excluding hydrogens is 303 g/mol. The molecule has 4 nitrogen and oxygen atoms in total. The van der Waals surface area contributed by atoms with Crippen molar-refractivity contribution in [3.05, 3.63) is 24.1 Å². The number of carbonyl (C=O) groups is 1. The molecule has 2 saturated heterocycles. The minimum Gasteiger partial charge on any atom is -0.471 e. The topological polar surface area (TPSA) is 42.4 Å². The Bertz CT molecular complexity index is 549. The van der Waals surface area contributed by atoms with Crippen molar-refractivity contribution in [1.82, 2.24) is 9.88 Å². The van der Waals surface area contributed by atoms with Crippen molar-refractivity contribution in [3.8, 4) is 5.88 Å². The van der Waals surface area contributed by atoms with Gasteiger partial charge in [0.15, 0.2) is 5.82 Å². The number of likely N-dealkylation sites (tertiary alicyclic amines) is 1. The summed E-state index contributed by atoms with van der Waals surface area (Å²) in [6, 6.07) is 2.91. The molecule has 1 aromatic heterocycles. The van der Waals surface area contributed by atoms with Crippen molar-refractivity contribution >= 4 is 17.7 Å². The lowest BCUT2D eigenvalue weighted by Gasteiger charge is -2.47. The van der Waals surface area contributed by atoms with Crippen LogP contribution in [0.2, 0.25) is 0 Å². The summed E-state index contributed by atoms with van der Waals surface area (Å²) < 4.78 is 19.4. The Morgan fingerprint density at radius 2 is 2.41 bits per heavy atom. The van der Waals surface area contributed by atoms with E-state index in [-0.39, 0.29) is 22.6 Å². The molecule has 1 atom stereocenters. The highest BCUT2D eigenvalue weighted by Gasteiger charge is 2.51. The summed E-state index contributed by atoms with van der Waals surface area (Å²) in [5.74, 6) is 0.750. The molecule has 2 fully saturated rings. The van der Waals surface area contributed by atoms with Gasteiger partial charge in [0.25, 0.3) is 5.88 Å². The van der Waals surface area contributed by atoms with Crippen LogP contribution in [0.5, 0.6) is 5.88 Å². The number of pyridine rings is 1. The van der Waals surface area contributed by atoms with E-state index in [0.29, 0.717) is 6.42 Å². The Morgan fingerprint density at radius 3 is 3.14 bits per heavy atom. The molecular formula is C16H21FN2O2S. The van der Waals surface area contributed by atoms with Crippen LogP contribution in [0.4, 0.5) is 4.39 Å². The van der Waals surface area contributed by atoms with Gasteiger partial charge in [-0.25, -0.2) is 9.37 Å². The molecule has 0 saturated carbocycles. The molecule has 0 aliphatic carbocycles. The number of rotatable bonds is 5. The van der Waals surface area contributed by atoms with Crippen LogP contribution in [-0.4, -0.2) is 45.5 Å². The molecule has 6 heteroatoms. The first kappa shape index (κ1) is 15.6. The second kappa shape index (κ2) is 6.44. The molecule has 22 heavy (non-hydrogen) atoms. The highest BCUT2D eigenvalue weighted by Crippen LogP contribution is 2.46. The fourth-order valence-corrected chi connectivity index (χ4v) is 4.55. The van der Waals surface area contributed by atoms with E-state index in [9.17, 15) is 9.18 Å². The minimum atomic E-state index is -0.418. The van der Waals surface area contributed by atoms with Crippen LogP contribution in [0.1, 0.15) is 32.6 Å². The van der Waals surface area contributed by atoms with Crippen LogP contribution >= 0.6 is 11.8 Å². The third-order valence-corrected chi connectivity index (χ3v) is 5.81. The molecule has 3 heterocycles. The number of hydrogen-bond donors (Lipinski definition) is 0. The third-order valence-electron chi connectivity index (χ3n) is 4.23. The Balaban J connectivity index is 1.50. The fraction of sp³-hybridized carbons (Fsp3) is 0.625. The van der Waals surface area contributed by atoms with Gasteiger partial charge in [0.05, 0.1) is 4.75 Å². The molecule has 120 valence electrons. The highest BCUT2D eigenvalue weighted by atomic mass is 32.2. The van der Waals surface area contributed by atoms with Crippen molar-refractivity contribution in [2.45, 2.75) is 43.5 Å². The molecule has 1 aromatic rings. The van der Waals surface area contributed by atoms with Crippen molar-refractivity contribution in [2.24, 2.45) is 0 Å². The van der Waals surface area contributed by atoms with Crippen molar-refractivity contribution in [1.29, 1.82) is 0 Å². The molecule has 0 aromatic carbocycles. The summed E-state index contributed by atoms with van der Waals surface area (Å²) in [5.41, 5.74) is 0. The SMILES string of the molecule is CCCCC(=O)N1CC2(CC(Oc3ncccc3F)CS2)C1. The number of carbonyl (C=O) groups excluding carboxylic acids is 1. The second-order valence-electron chi connectivity index (χ2n) is 6.08. The van der Waals surface area contributed by atoms with E-state index in [1.807, 2.05) is 16.7 Å². The summed E-state index contributed by atoms with van der Waals surface area (Å²) in [5, 5.41) is 0. The van der Waals surface area contributed by atoms with Crippen LogP contribution in [0.15, 0.2) is 18.3 Å². The van der Waals surface area contributed by atoms with Crippen LogP contribution in [0.25, 0.3) is 0 Å². The van der Waals surface area contributed by atoms with Crippen LogP contribution in [0.3, 0.4) is 0 Å². The van der Waals surface area contributed by atoms with Crippen molar-refractivity contribution < 1.29 is 13.9 Å². The van der Waals surface area contributed by atoms with E-state index in [2.05, 4.69) is 11.9 Å². The summed E-state index contributed by atoms with van der Waals surface area (Å²) >= 11 is 1.84. The lowest BCUT2D eigenvalue weighted by Crippen LogP contribution is -2.60. The average molecular weight is 324 g/mol. The molecule has 1 amide bonds. The van der Waals surface area contributed by atoms with Gasteiger partial charge in [0.1, 0.15) is 6.10 Å². The molecule has 2 aliphatic rings. The maximum atomic E-state index is 13.6.